The van der Waals surface area contributed by atoms with E-state index >= 15 is 0 Å². The summed E-state index contributed by atoms with van der Waals surface area (Å²) in [6, 6.07) is 3.39. The molecule has 2 rings (SSSR count). The molecular formula is C17H28BrN3. The second-order valence-electron chi connectivity index (χ2n) is 6.65. The van der Waals surface area contributed by atoms with E-state index in [-0.39, 0.29) is 0 Å². The SMILES string of the molecule is CCC(C)C1CNC(C(C)C)CN1Cc1cncc(Br)c1. The Hall–Kier alpha value is -0.450. The molecule has 2 heterocycles. The lowest BCUT2D eigenvalue weighted by Crippen LogP contribution is -2.59. The summed E-state index contributed by atoms with van der Waals surface area (Å²) >= 11 is 3.53. The van der Waals surface area contributed by atoms with Crippen LogP contribution >= 0.6 is 15.9 Å². The Bertz CT molecular complexity index is 449. The van der Waals surface area contributed by atoms with Gasteiger partial charge in [0.05, 0.1) is 0 Å². The number of aromatic nitrogens is 1. The molecule has 1 N–H and O–H groups in total. The summed E-state index contributed by atoms with van der Waals surface area (Å²) < 4.78 is 1.07. The van der Waals surface area contributed by atoms with Crippen molar-refractivity contribution in [1.29, 1.82) is 0 Å². The molecule has 3 atom stereocenters. The minimum Gasteiger partial charge on any atom is -0.311 e. The van der Waals surface area contributed by atoms with Crippen LogP contribution in [0.5, 0.6) is 0 Å². The van der Waals surface area contributed by atoms with E-state index in [1.54, 1.807) is 0 Å². The third kappa shape index (κ3) is 4.51. The summed E-state index contributed by atoms with van der Waals surface area (Å²) in [5.41, 5.74) is 1.29. The molecule has 1 aromatic heterocycles. The van der Waals surface area contributed by atoms with Gasteiger partial charge in [0.15, 0.2) is 0 Å². The maximum Gasteiger partial charge on any atom is 0.0410 e. The van der Waals surface area contributed by atoms with Crippen molar-refractivity contribution in [2.24, 2.45) is 11.8 Å². The summed E-state index contributed by atoms with van der Waals surface area (Å²) in [4.78, 5) is 6.96. The molecule has 1 aromatic rings. The van der Waals surface area contributed by atoms with Crippen LogP contribution in [0.15, 0.2) is 22.9 Å². The van der Waals surface area contributed by atoms with Gasteiger partial charge < -0.3 is 5.32 Å². The highest BCUT2D eigenvalue weighted by Gasteiger charge is 2.31. The van der Waals surface area contributed by atoms with Gasteiger partial charge in [0.2, 0.25) is 0 Å². The number of hydrogen-bond acceptors (Lipinski definition) is 3. The van der Waals surface area contributed by atoms with Gasteiger partial charge in [-0.15, -0.1) is 0 Å². The highest BCUT2D eigenvalue weighted by Crippen LogP contribution is 2.23. The van der Waals surface area contributed by atoms with Crippen molar-refractivity contribution in [3.8, 4) is 0 Å². The molecule has 0 aromatic carbocycles. The number of rotatable bonds is 5. The van der Waals surface area contributed by atoms with Crippen molar-refractivity contribution in [1.82, 2.24) is 15.2 Å². The fourth-order valence-electron chi connectivity index (χ4n) is 3.09. The molecule has 0 amide bonds. The zero-order valence-electron chi connectivity index (χ0n) is 13.6. The first-order valence-corrected chi connectivity index (χ1v) is 8.87. The van der Waals surface area contributed by atoms with Crippen LogP contribution in [0.3, 0.4) is 0 Å². The Kier molecular flexibility index (Phi) is 6.20. The Morgan fingerprint density at radius 3 is 2.76 bits per heavy atom. The van der Waals surface area contributed by atoms with E-state index in [9.17, 15) is 0 Å². The molecule has 0 radical (unpaired) electrons. The van der Waals surface area contributed by atoms with Crippen LogP contribution < -0.4 is 5.32 Å². The van der Waals surface area contributed by atoms with E-state index in [1.807, 2.05) is 12.4 Å². The normalized spacial score (nSPS) is 25.2. The summed E-state index contributed by atoms with van der Waals surface area (Å²) in [5.74, 6) is 1.39. The molecule has 1 aliphatic rings. The van der Waals surface area contributed by atoms with Crippen LogP contribution in [0.2, 0.25) is 0 Å². The maximum atomic E-state index is 4.30. The Morgan fingerprint density at radius 1 is 1.38 bits per heavy atom. The third-order valence-corrected chi connectivity index (χ3v) is 5.18. The van der Waals surface area contributed by atoms with Crippen LogP contribution in [0.4, 0.5) is 0 Å². The monoisotopic (exact) mass is 353 g/mol. The zero-order chi connectivity index (χ0) is 15.4. The van der Waals surface area contributed by atoms with Gasteiger partial charge in [0, 0.05) is 48.6 Å². The van der Waals surface area contributed by atoms with E-state index in [0.717, 1.165) is 24.1 Å². The van der Waals surface area contributed by atoms with E-state index in [2.05, 4.69) is 64.9 Å². The minimum atomic E-state index is 0.588. The van der Waals surface area contributed by atoms with Gasteiger partial charge in [-0.05, 0) is 39.4 Å². The van der Waals surface area contributed by atoms with Crippen molar-refractivity contribution in [3.05, 3.63) is 28.5 Å². The van der Waals surface area contributed by atoms with Crippen molar-refractivity contribution >= 4 is 15.9 Å². The lowest BCUT2D eigenvalue weighted by molar-refractivity contribution is 0.0721. The van der Waals surface area contributed by atoms with E-state index < -0.39 is 0 Å². The average Bonchev–Trinajstić information content (AvgIpc) is 2.46. The van der Waals surface area contributed by atoms with E-state index in [4.69, 9.17) is 0 Å². The third-order valence-electron chi connectivity index (χ3n) is 4.74. The van der Waals surface area contributed by atoms with Crippen molar-refractivity contribution in [3.63, 3.8) is 0 Å². The van der Waals surface area contributed by atoms with Gasteiger partial charge in [-0.1, -0.05) is 34.1 Å². The number of pyridine rings is 1. The molecule has 1 saturated heterocycles. The maximum absolute atomic E-state index is 4.30. The lowest BCUT2D eigenvalue weighted by atomic mass is 9.91. The van der Waals surface area contributed by atoms with Crippen LogP contribution in [-0.4, -0.2) is 35.1 Å². The average molecular weight is 354 g/mol. The van der Waals surface area contributed by atoms with Gasteiger partial charge in [0.25, 0.3) is 0 Å². The van der Waals surface area contributed by atoms with Gasteiger partial charge in [0.1, 0.15) is 0 Å². The molecular weight excluding hydrogens is 326 g/mol. The molecule has 0 bridgehead atoms. The van der Waals surface area contributed by atoms with Crippen LogP contribution in [-0.2, 0) is 6.54 Å². The molecule has 0 aliphatic carbocycles. The summed E-state index contributed by atoms with van der Waals surface area (Å²) in [6.45, 7) is 12.5. The predicted molar refractivity (Wildman–Crippen MR) is 92.2 cm³/mol. The summed E-state index contributed by atoms with van der Waals surface area (Å²) in [5, 5.41) is 3.74. The highest BCUT2D eigenvalue weighted by molar-refractivity contribution is 9.10. The Morgan fingerprint density at radius 2 is 2.14 bits per heavy atom. The quantitative estimate of drug-likeness (QED) is 0.874. The van der Waals surface area contributed by atoms with Crippen molar-refractivity contribution in [2.45, 2.75) is 52.7 Å². The fraction of sp³-hybridized carbons (Fsp3) is 0.706. The van der Waals surface area contributed by atoms with Crippen LogP contribution in [0, 0.1) is 11.8 Å². The molecule has 0 saturated carbocycles. The number of nitrogens with zero attached hydrogens (tertiary/aromatic N) is 2. The first-order chi connectivity index (χ1) is 10.0. The molecule has 1 aliphatic heterocycles. The molecule has 3 nitrogen and oxygen atoms in total. The minimum absolute atomic E-state index is 0.588. The molecule has 0 spiro atoms. The van der Waals surface area contributed by atoms with E-state index in [0.29, 0.717) is 23.9 Å². The number of piperazine rings is 1. The van der Waals surface area contributed by atoms with Gasteiger partial charge in [-0.2, -0.15) is 0 Å². The van der Waals surface area contributed by atoms with Crippen LogP contribution in [0.1, 0.15) is 39.7 Å². The van der Waals surface area contributed by atoms with Gasteiger partial charge >= 0.3 is 0 Å². The standard InChI is InChI=1S/C17H28BrN3/c1-5-13(4)17-9-20-16(12(2)3)11-21(17)10-14-6-15(18)8-19-7-14/h6-8,12-13,16-17,20H,5,9-11H2,1-4H3. The Labute approximate surface area is 137 Å². The number of halogens is 1. The second kappa shape index (κ2) is 7.70. The highest BCUT2D eigenvalue weighted by atomic mass is 79.9. The largest absolute Gasteiger partial charge is 0.311 e. The first kappa shape index (κ1) is 16.9. The van der Waals surface area contributed by atoms with E-state index in [1.165, 1.54) is 12.0 Å². The second-order valence-corrected chi connectivity index (χ2v) is 7.57. The molecule has 118 valence electrons. The summed E-state index contributed by atoms with van der Waals surface area (Å²) in [7, 11) is 0. The topological polar surface area (TPSA) is 28.2 Å². The van der Waals surface area contributed by atoms with Crippen LogP contribution in [0.25, 0.3) is 0 Å². The van der Waals surface area contributed by atoms with Crippen molar-refractivity contribution in [2.75, 3.05) is 13.1 Å². The van der Waals surface area contributed by atoms with Gasteiger partial charge in [-0.3, -0.25) is 9.88 Å². The Balaban J connectivity index is 2.12. The number of hydrogen-bond donors (Lipinski definition) is 1. The smallest absolute Gasteiger partial charge is 0.0410 e. The first-order valence-electron chi connectivity index (χ1n) is 8.08. The molecule has 4 heteroatoms. The summed E-state index contributed by atoms with van der Waals surface area (Å²) in [6.07, 6.45) is 5.07. The predicted octanol–water partition coefficient (Wildman–Crippen LogP) is 3.69. The van der Waals surface area contributed by atoms with Gasteiger partial charge in [-0.25, -0.2) is 0 Å². The molecule has 21 heavy (non-hydrogen) atoms. The van der Waals surface area contributed by atoms with Crippen molar-refractivity contribution < 1.29 is 0 Å². The molecule has 1 fully saturated rings. The zero-order valence-corrected chi connectivity index (χ0v) is 15.2. The lowest BCUT2D eigenvalue weighted by Gasteiger charge is -2.44. The molecule has 3 unspecified atom stereocenters. The fourth-order valence-corrected chi connectivity index (χ4v) is 3.50. The number of nitrogens with one attached hydrogen (secondary N) is 1.